The molecule has 1 aliphatic rings. The Kier molecular flexibility index (Phi) is 3.31. The van der Waals surface area contributed by atoms with Crippen molar-refractivity contribution in [3.05, 3.63) is 0 Å². The third-order valence-electron chi connectivity index (χ3n) is 2.22. The summed E-state index contributed by atoms with van der Waals surface area (Å²) in [5.41, 5.74) is 5.59. The maximum Gasteiger partial charge on any atom is 0.239 e. The molecule has 1 amide bonds. The van der Waals surface area contributed by atoms with Gasteiger partial charge in [0.25, 0.3) is 0 Å². The quantitative estimate of drug-likeness (QED) is 0.708. The fraction of sp³-hybridized carbons (Fsp3) is 0.900. The van der Waals surface area contributed by atoms with E-state index in [0.717, 1.165) is 19.4 Å². The molecule has 0 aromatic heterocycles. The van der Waals surface area contributed by atoms with Crippen LogP contribution in [0.15, 0.2) is 0 Å². The molecule has 3 nitrogen and oxygen atoms in total. The van der Waals surface area contributed by atoms with E-state index in [-0.39, 0.29) is 11.9 Å². The molecule has 76 valence electrons. The molecule has 1 aliphatic carbocycles. The molecule has 1 fully saturated rings. The Hall–Kier alpha value is -0.570. The molecule has 13 heavy (non-hydrogen) atoms. The van der Waals surface area contributed by atoms with Crippen LogP contribution in [0.5, 0.6) is 0 Å². The normalized spacial score (nSPS) is 18.8. The molecule has 1 atom stereocenters. The van der Waals surface area contributed by atoms with Gasteiger partial charge in [-0.05, 0) is 25.7 Å². The number of hydrogen-bond donors (Lipinski definition) is 1. The van der Waals surface area contributed by atoms with Crippen LogP contribution in [0.2, 0.25) is 0 Å². The Balaban J connectivity index is 2.51. The van der Waals surface area contributed by atoms with Crippen molar-refractivity contribution in [3.8, 4) is 0 Å². The molecular weight excluding hydrogens is 164 g/mol. The van der Waals surface area contributed by atoms with E-state index >= 15 is 0 Å². The van der Waals surface area contributed by atoms with E-state index in [4.69, 9.17) is 5.73 Å². The van der Waals surface area contributed by atoms with Crippen molar-refractivity contribution < 1.29 is 4.79 Å². The van der Waals surface area contributed by atoms with E-state index in [0.29, 0.717) is 12.0 Å². The van der Waals surface area contributed by atoms with Gasteiger partial charge in [0.1, 0.15) is 0 Å². The molecule has 0 unspecified atom stereocenters. The first-order chi connectivity index (χ1) is 6.02. The Morgan fingerprint density at radius 3 is 2.31 bits per heavy atom. The summed E-state index contributed by atoms with van der Waals surface area (Å²) in [4.78, 5) is 13.6. The molecule has 1 rings (SSSR count). The Bertz CT molecular complexity index is 185. The van der Waals surface area contributed by atoms with Gasteiger partial charge in [0.2, 0.25) is 5.91 Å². The molecule has 0 aromatic carbocycles. The molecule has 3 heteroatoms. The Morgan fingerprint density at radius 1 is 1.46 bits per heavy atom. The van der Waals surface area contributed by atoms with Crippen LogP contribution in [0.4, 0.5) is 0 Å². The zero-order valence-electron chi connectivity index (χ0n) is 8.79. The van der Waals surface area contributed by atoms with Gasteiger partial charge >= 0.3 is 0 Å². The van der Waals surface area contributed by atoms with Crippen LogP contribution >= 0.6 is 0 Å². The van der Waals surface area contributed by atoms with Crippen LogP contribution in [-0.2, 0) is 4.79 Å². The van der Waals surface area contributed by atoms with Gasteiger partial charge in [-0.25, -0.2) is 0 Å². The Labute approximate surface area is 80.3 Å². The molecule has 2 N–H and O–H groups in total. The van der Waals surface area contributed by atoms with Crippen molar-refractivity contribution >= 4 is 5.91 Å². The maximum atomic E-state index is 11.7. The largest absolute Gasteiger partial charge is 0.338 e. The first-order valence-electron chi connectivity index (χ1n) is 5.08. The van der Waals surface area contributed by atoms with Crippen molar-refractivity contribution in [3.63, 3.8) is 0 Å². The summed E-state index contributed by atoms with van der Waals surface area (Å²) >= 11 is 0. The number of nitrogens with two attached hydrogens (primary N) is 1. The number of carbonyl (C=O) groups is 1. The van der Waals surface area contributed by atoms with Crippen molar-refractivity contribution in [2.75, 3.05) is 6.54 Å². The molecule has 0 aliphatic heterocycles. The van der Waals surface area contributed by atoms with E-state index in [2.05, 4.69) is 13.8 Å². The summed E-state index contributed by atoms with van der Waals surface area (Å²) < 4.78 is 0. The van der Waals surface area contributed by atoms with Gasteiger partial charge in [-0.3, -0.25) is 4.79 Å². The third kappa shape index (κ3) is 2.99. The van der Waals surface area contributed by atoms with E-state index in [9.17, 15) is 4.79 Å². The molecule has 0 aromatic rings. The SMILES string of the molecule is CC(C)CN(C(=O)[C@@H](C)N)C1CC1. The summed E-state index contributed by atoms with van der Waals surface area (Å²) in [5.74, 6) is 0.638. The fourth-order valence-corrected chi connectivity index (χ4v) is 1.46. The second kappa shape index (κ2) is 4.09. The van der Waals surface area contributed by atoms with Crippen LogP contribution in [-0.4, -0.2) is 29.4 Å². The molecule has 1 saturated carbocycles. The predicted molar refractivity (Wildman–Crippen MR) is 53.2 cm³/mol. The van der Waals surface area contributed by atoms with Crippen LogP contribution in [0, 0.1) is 5.92 Å². The zero-order valence-corrected chi connectivity index (χ0v) is 8.79. The van der Waals surface area contributed by atoms with Gasteiger partial charge in [0.05, 0.1) is 6.04 Å². The molecule has 0 heterocycles. The number of amides is 1. The molecule has 0 radical (unpaired) electrons. The lowest BCUT2D eigenvalue weighted by molar-refractivity contribution is -0.133. The van der Waals surface area contributed by atoms with Gasteiger partial charge in [-0.15, -0.1) is 0 Å². The molecular formula is C10H20N2O. The highest BCUT2D eigenvalue weighted by molar-refractivity contribution is 5.81. The van der Waals surface area contributed by atoms with Gasteiger partial charge in [0, 0.05) is 12.6 Å². The minimum atomic E-state index is -0.348. The monoisotopic (exact) mass is 184 g/mol. The number of carbonyl (C=O) groups excluding carboxylic acids is 1. The van der Waals surface area contributed by atoms with Gasteiger partial charge < -0.3 is 10.6 Å². The van der Waals surface area contributed by atoms with E-state index < -0.39 is 0 Å². The van der Waals surface area contributed by atoms with Gasteiger partial charge in [0.15, 0.2) is 0 Å². The predicted octanol–water partition coefficient (Wildman–Crippen LogP) is 0.981. The summed E-state index contributed by atoms with van der Waals surface area (Å²) in [6, 6.07) is 0.139. The summed E-state index contributed by atoms with van der Waals surface area (Å²) in [5, 5.41) is 0. The first-order valence-corrected chi connectivity index (χ1v) is 5.08. The number of rotatable bonds is 4. The lowest BCUT2D eigenvalue weighted by atomic mass is 10.2. The average Bonchev–Trinajstić information content (AvgIpc) is 2.80. The highest BCUT2D eigenvalue weighted by Crippen LogP contribution is 2.27. The van der Waals surface area contributed by atoms with Crippen molar-refractivity contribution in [2.24, 2.45) is 11.7 Å². The molecule has 0 saturated heterocycles. The molecule has 0 bridgehead atoms. The smallest absolute Gasteiger partial charge is 0.239 e. The lowest BCUT2D eigenvalue weighted by Gasteiger charge is -2.26. The zero-order chi connectivity index (χ0) is 10.0. The second-order valence-electron chi connectivity index (χ2n) is 4.40. The Morgan fingerprint density at radius 2 is 2.00 bits per heavy atom. The number of nitrogens with zero attached hydrogens (tertiary/aromatic N) is 1. The lowest BCUT2D eigenvalue weighted by Crippen LogP contribution is -2.44. The van der Waals surface area contributed by atoms with Crippen LogP contribution in [0.1, 0.15) is 33.6 Å². The van der Waals surface area contributed by atoms with E-state index in [1.807, 2.05) is 4.90 Å². The van der Waals surface area contributed by atoms with Crippen molar-refractivity contribution in [1.29, 1.82) is 0 Å². The summed E-state index contributed by atoms with van der Waals surface area (Å²) in [6.07, 6.45) is 2.32. The van der Waals surface area contributed by atoms with Crippen molar-refractivity contribution in [2.45, 2.75) is 45.7 Å². The van der Waals surface area contributed by atoms with Gasteiger partial charge in [-0.1, -0.05) is 13.8 Å². The van der Waals surface area contributed by atoms with Crippen LogP contribution in [0.25, 0.3) is 0 Å². The van der Waals surface area contributed by atoms with Crippen molar-refractivity contribution in [1.82, 2.24) is 4.90 Å². The number of hydrogen-bond acceptors (Lipinski definition) is 2. The summed E-state index contributed by atoms with van der Waals surface area (Å²) in [7, 11) is 0. The highest BCUT2D eigenvalue weighted by atomic mass is 16.2. The second-order valence-corrected chi connectivity index (χ2v) is 4.40. The first kappa shape index (κ1) is 10.5. The van der Waals surface area contributed by atoms with Crippen LogP contribution in [0.3, 0.4) is 0 Å². The summed E-state index contributed by atoms with van der Waals surface area (Å²) in [6.45, 7) is 6.87. The van der Waals surface area contributed by atoms with Gasteiger partial charge in [-0.2, -0.15) is 0 Å². The van der Waals surface area contributed by atoms with Crippen LogP contribution < -0.4 is 5.73 Å². The minimum absolute atomic E-state index is 0.108. The molecule has 0 spiro atoms. The average molecular weight is 184 g/mol. The standard InChI is InChI=1S/C10H20N2O/c1-7(2)6-12(9-4-5-9)10(13)8(3)11/h7-9H,4-6,11H2,1-3H3/t8-/m1/s1. The van der Waals surface area contributed by atoms with E-state index in [1.54, 1.807) is 6.92 Å². The maximum absolute atomic E-state index is 11.7. The topological polar surface area (TPSA) is 46.3 Å². The minimum Gasteiger partial charge on any atom is -0.338 e. The fourth-order valence-electron chi connectivity index (χ4n) is 1.46. The van der Waals surface area contributed by atoms with E-state index in [1.165, 1.54) is 0 Å². The third-order valence-corrected chi connectivity index (χ3v) is 2.22. The highest BCUT2D eigenvalue weighted by Gasteiger charge is 2.33.